The summed E-state index contributed by atoms with van der Waals surface area (Å²) in [6.45, 7) is 0. The Kier molecular flexibility index (Phi) is 4.28. The molecule has 0 saturated heterocycles. The molecule has 112 valence electrons. The van der Waals surface area contributed by atoms with E-state index < -0.39 is 9.84 Å². The van der Waals surface area contributed by atoms with Crippen molar-refractivity contribution in [2.24, 2.45) is 0 Å². The molecule has 0 spiro atoms. The molecule has 0 fully saturated rings. The van der Waals surface area contributed by atoms with Crippen molar-refractivity contribution in [2.45, 2.75) is 14.1 Å². The number of aromatic nitrogens is 2. The predicted octanol–water partition coefficient (Wildman–Crippen LogP) is 3.76. The third kappa shape index (κ3) is 3.55. The molecule has 2 aromatic carbocycles. The Balaban J connectivity index is 1.78. The van der Waals surface area contributed by atoms with Crippen molar-refractivity contribution in [3.63, 3.8) is 0 Å². The van der Waals surface area contributed by atoms with E-state index in [-0.39, 0.29) is 0 Å². The normalized spacial score (nSPS) is 11.5. The van der Waals surface area contributed by atoms with Gasteiger partial charge in [0.15, 0.2) is 20.0 Å². The summed E-state index contributed by atoms with van der Waals surface area (Å²) in [6.07, 6.45) is 1.20. The van der Waals surface area contributed by atoms with E-state index in [1.54, 1.807) is 24.3 Å². The summed E-state index contributed by atoms with van der Waals surface area (Å²) in [4.78, 5) is 5.75. The van der Waals surface area contributed by atoms with Crippen molar-refractivity contribution in [2.75, 3.05) is 6.26 Å². The molecule has 22 heavy (non-hydrogen) atoms. The van der Waals surface area contributed by atoms with Crippen molar-refractivity contribution in [1.29, 1.82) is 0 Å². The molecule has 7 heteroatoms. The van der Waals surface area contributed by atoms with E-state index in [0.717, 1.165) is 14.8 Å². The van der Waals surface area contributed by atoms with Crippen molar-refractivity contribution in [3.05, 3.63) is 54.6 Å². The quantitative estimate of drug-likeness (QED) is 0.718. The zero-order chi connectivity index (χ0) is 15.6. The average molecular weight is 348 g/mol. The number of hydrogen-bond acceptors (Lipinski definition) is 6. The number of hydrogen-bond donors (Lipinski definition) is 0. The first-order valence-corrected chi connectivity index (χ1v) is 9.87. The smallest absolute Gasteiger partial charge is 0.175 e. The number of sulfone groups is 1. The van der Waals surface area contributed by atoms with Crippen LogP contribution in [0.25, 0.3) is 11.4 Å². The van der Waals surface area contributed by atoms with Crippen LogP contribution in [-0.4, -0.2) is 24.0 Å². The maximum atomic E-state index is 11.4. The van der Waals surface area contributed by atoms with Gasteiger partial charge in [0.2, 0.25) is 0 Å². The molecule has 0 aliphatic carbocycles. The van der Waals surface area contributed by atoms with Crippen LogP contribution in [0.4, 0.5) is 0 Å². The Labute approximate surface area is 137 Å². The molecule has 0 aliphatic heterocycles. The van der Waals surface area contributed by atoms with Crippen LogP contribution in [0.5, 0.6) is 0 Å². The highest BCUT2D eigenvalue weighted by molar-refractivity contribution is 8.01. The molecule has 0 amide bonds. The van der Waals surface area contributed by atoms with Crippen LogP contribution in [-0.2, 0) is 9.84 Å². The summed E-state index contributed by atoms with van der Waals surface area (Å²) in [6, 6.07) is 16.6. The fourth-order valence-corrected chi connectivity index (χ4v) is 4.04. The highest BCUT2D eigenvalue weighted by Gasteiger charge is 2.09. The molecular formula is C15H12N2O2S3. The maximum absolute atomic E-state index is 11.4. The zero-order valence-corrected chi connectivity index (χ0v) is 14.1. The molecular weight excluding hydrogens is 336 g/mol. The van der Waals surface area contributed by atoms with E-state index in [2.05, 4.69) is 9.36 Å². The fourth-order valence-electron chi connectivity index (χ4n) is 1.81. The second-order valence-corrected chi connectivity index (χ2v) is 8.68. The highest BCUT2D eigenvalue weighted by atomic mass is 32.2. The molecule has 4 nitrogen and oxygen atoms in total. The molecule has 0 saturated carbocycles. The van der Waals surface area contributed by atoms with Gasteiger partial charge in [-0.05, 0) is 35.8 Å². The third-order valence-corrected chi connectivity index (χ3v) is 5.78. The van der Waals surface area contributed by atoms with E-state index in [9.17, 15) is 8.42 Å². The molecule has 1 heterocycles. The lowest BCUT2D eigenvalue weighted by Gasteiger charge is -2.00. The number of nitrogens with zero attached hydrogens (tertiary/aromatic N) is 2. The van der Waals surface area contributed by atoms with E-state index in [1.165, 1.54) is 29.6 Å². The topological polar surface area (TPSA) is 59.9 Å². The van der Waals surface area contributed by atoms with Gasteiger partial charge in [0, 0.05) is 16.7 Å². The van der Waals surface area contributed by atoms with Crippen LogP contribution in [0, 0.1) is 0 Å². The summed E-state index contributed by atoms with van der Waals surface area (Å²) >= 11 is 2.81. The van der Waals surface area contributed by atoms with Gasteiger partial charge in [0.05, 0.1) is 4.90 Å². The first kappa shape index (κ1) is 15.2. The van der Waals surface area contributed by atoms with Crippen LogP contribution >= 0.6 is 23.3 Å². The van der Waals surface area contributed by atoms with Gasteiger partial charge in [-0.1, -0.05) is 42.1 Å². The summed E-state index contributed by atoms with van der Waals surface area (Å²) in [5.74, 6) is 0.709. The Hall–Kier alpha value is -1.70. The summed E-state index contributed by atoms with van der Waals surface area (Å²) in [5, 5.41) is 0. The Morgan fingerprint density at radius 1 is 1.00 bits per heavy atom. The molecule has 0 bridgehead atoms. The first-order valence-electron chi connectivity index (χ1n) is 6.39. The van der Waals surface area contributed by atoms with E-state index in [4.69, 9.17) is 0 Å². The van der Waals surface area contributed by atoms with Crippen LogP contribution < -0.4 is 0 Å². The lowest BCUT2D eigenvalue weighted by molar-refractivity contribution is 0.602. The largest absolute Gasteiger partial charge is 0.224 e. The molecule has 0 unspecified atom stereocenters. The minimum atomic E-state index is -3.16. The van der Waals surface area contributed by atoms with Gasteiger partial charge in [-0.15, -0.1) is 0 Å². The van der Waals surface area contributed by atoms with Gasteiger partial charge in [-0.3, -0.25) is 0 Å². The minimum Gasteiger partial charge on any atom is -0.224 e. The zero-order valence-electron chi connectivity index (χ0n) is 11.6. The predicted molar refractivity (Wildman–Crippen MR) is 89.0 cm³/mol. The van der Waals surface area contributed by atoms with E-state index in [1.807, 2.05) is 30.3 Å². The lowest BCUT2D eigenvalue weighted by Crippen LogP contribution is -1.95. The Morgan fingerprint density at radius 3 is 2.32 bits per heavy atom. The third-order valence-electron chi connectivity index (χ3n) is 2.90. The number of rotatable bonds is 4. The van der Waals surface area contributed by atoms with Gasteiger partial charge in [0.1, 0.15) is 0 Å². The van der Waals surface area contributed by atoms with Crippen LogP contribution in [0.2, 0.25) is 0 Å². The van der Waals surface area contributed by atoms with Crippen molar-refractivity contribution < 1.29 is 8.42 Å². The van der Waals surface area contributed by atoms with E-state index in [0.29, 0.717) is 10.7 Å². The minimum absolute atomic E-state index is 0.319. The second-order valence-electron chi connectivity index (χ2n) is 4.60. The Morgan fingerprint density at radius 2 is 1.68 bits per heavy atom. The summed E-state index contributed by atoms with van der Waals surface area (Å²) in [5.41, 5.74) is 0.984. The highest BCUT2D eigenvalue weighted by Crippen LogP contribution is 2.31. The van der Waals surface area contributed by atoms with Crippen LogP contribution in [0.3, 0.4) is 0 Å². The van der Waals surface area contributed by atoms with Gasteiger partial charge in [0.25, 0.3) is 0 Å². The summed E-state index contributed by atoms with van der Waals surface area (Å²) in [7, 11) is -3.16. The first-order chi connectivity index (χ1) is 10.5. The van der Waals surface area contributed by atoms with Gasteiger partial charge in [-0.25, -0.2) is 13.4 Å². The monoisotopic (exact) mass is 348 g/mol. The van der Waals surface area contributed by atoms with Gasteiger partial charge >= 0.3 is 0 Å². The molecule has 0 radical (unpaired) electrons. The molecule has 3 aromatic rings. The molecule has 0 N–H and O–H groups in total. The van der Waals surface area contributed by atoms with E-state index >= 15 is 0 Å². The molecule has 0 atom stereocenters. The van der Waals surface area contributed by atoms with Crippen LogP contribution in [0.15, 0.2) is 68.7 Å². The van der Waals surface area contributed by atoms with Crippen LogP contribution in [0.1, 0.15) is 0 Å². The lowest BCUT2D eigenvalue weighted by atomic mass is 10.2. The van der Waals surface area contributed by atoms with Crippen molar-refractivity contribution in [3.8, 4) is 11.4 Å². The number of benzene rings is 2. The second kappa shape index (κ2) is 6.20. The molecule has 1 aromatic heterocycles. The SMILES string of the molecule is CS(=O)(=O)c1ccc(Sc2nc(-c3ccccc3)ns2)cc1. The summed E-state index contributed by atoms with van der Waals surface area (Å²) < 4.78 is 28.0. The maximum Gasteiger partial charge on any atom is 0.175 e. The average Bonchev–Trinajstić information content (AvgIpc) is 2.96. The molecule has 3 rings (SSSR count). The van der Waals surface area contributed by atoms with Crippen molar-refractivity contribution >= 4 is 33.1 Å². The fraction of sp³-hybridized carbons (Fsp3) is 0.0667. The van der Waals surface area contributed by atoms with Gasteiger partial charge < -0.3 is 0 Å². The van der Waals surface area contributed by atoms with Crippen molar-refractivity contribution in [1.82, 2.24) is 9.36 Å². The standard InChI is InChI=1S/C15H12N2O2S3/c1-22(18,19)13-9-7-12(8-10-13)20-15-16-14(17-21-15)11-5-3-2-4-6-11/h2-10H,1H3. The molecule has 0 aliphatic rings. The Bertz CT molecular complexity index is 873. The van der Waals surface area contributed by atoms with Gasteiger partial charge in [-0.2, -0.15) is 4.37 Å².